The second kappa shape index (κ2) is 4.94. The molecule has 1 rings (SSSR count). The molecule has 1 aromatic carbocycles. The average molecular weight is 268 g/mol. The van der Waals surface area contributed by atoms with E-state index in [0.717, 1.165) is 0 Å². The predicted octanol–water partition coefficient (Wildman–Crippen LogP) is 2.92. The van der Waals surface area contributed by atoms with Crippen LogP contribution < -0.4 is 4.74 Å². The van der Waals surface area contributed by atoms with Gasteiger partial charge in [-0.2, -0.15) is 5.26 Å². The van der Waals surface area contributed by atoms with Crippen LogP contribution in [0.1, 0.15) is 29.8 Å². The van der Waals surface area contributed by atoms with Gasteiger partial charge in [0.1, 0.15) is 11.8 Å². The molecule has 0 aliphatic rings. The number of nitriles is 1. The third-order valence-electron chi connectivity index (χ3n) is 1.87. The maximum atomic E-state index is 11.3. The highest BCUT2D eigenvalue weighted by atomic mass is 79.9. The number of ketones is 1. The zero-order valence-electron chi connectivity index (χ0n) is 8.50. The molecular weight excluding hydrogens is 258 g/mol. The highest BCUT2D eigenvalue weighted by molar-refractivity contribution is 9.10. The lowest BCUT2D eigenvalue weighted by Gasteiger charge is -2.08. The molecule has 15 heavy (non-hydrogen) atoms. The molecule has 0 unspecified atom stereocenters. The van der Waals surface area contributed by atoms with Crippen LogP contribution in [-0.4, -0.2) is 12.4 Å². The fourth-order valence-electron chi connectivity index (χ4n) is 1.19. The molecule has 0 bridgehead atoms. The summed E-state index contributed by atoms with van der Waals surface area (Å²) in [6.45, 7) is 3.77. The van der Waals surface area contributed by atoms with Crippen molar-refractivity contribution in [3.8, 4) is 11.8 Å². The highest BCUT2D eigenvalue weighted by Gasteiger charge is 2.11. The molecule has 3 nitrogen and oxygen atoms in total. The van der Waals surface area contributed by atoms with E-state index in [9.17, 15) is 4.79 Å². The van der Waals surface area contributed by atoms with Crippen molar-refractivity contribution in [1.82, 2.24) is 0 Å². The predicted molar refractivity (Wildman–Crippen MR) is 60.0 cm³/mol. The molecule has 0 saturated carbocycles. The number of benzene rings is 1. The SMILES string of the molecule is CCOc1cc(C(C)=O)c(Br)cc1C#N. The third kappa shape index (κ3) is 2.57. The molecule has 0 N–H and O–H groups in total. The molecule has 0 radical (unpaired) electrons. The Hall–Kier alpha value is -1.34. The lowest BCUT2D eigenvalue weighted by Crippen LogP contribution is -2.00. The molecular formula is C11H10BrNO2. The van der Waals surface area contributed by atoms with Crippen LogP contribution in [-0.2, 0) is 0 Å². The van der Waals surface area contributed by atoms with E-state index in [1.165, 1.54) is 6.92 Å². The van der Waals surface area contributed by atoms with Gasteiger partial charge in [-0.25, -0.2) is 0 Å². The van der Waals surface area contributed by atoms with Gasteiger partial charge in [0.25, 0.3) is 0 Å². The lowest BCUT2D eigenvalue weighted by molar-refractivity contribution is 0.101. The Balaban J connectivity index is 3.31. The van der Waals surface area contributed by atoms with Crippen molar-refractivity contribution in [2.24, 2.45) is 0 Å². The number of carbonyl (C=O) groups is 1. The van der Waals surface area contributed by atoms with Crippen molar-refractivity contribution in [2.45, 2.75) is 13.8 Å². The molecule has 0 aromatic heterocycles. The van der Waals surface area contributed by atoms with Crippen LogP contribution >= 0.6 is 15.9 Å². The van der Waals surface area contributed by atoms with Gasteiger partial charge in [-0.05, 0) is 41.9 Å². The van der Waals surface area contributed by atoms with Crippen LogP contribution in [0.25, 0.3) is 0 Å². The van der Waals surface area contributed by atoms with Crippen molar-refractivity contribution < 1.29 is 9.53 Å². The summed E-state index contributed by atoms with van der Waals surface area (Å²) in [4.78, 5) is 11.3. The maximum absolute atomic E-state index is 11.3. The van der Waals surface area contributed by atoms with Crippen molar-refractivity contribution in [3.05, 3.63) is 27.7 Å². The quantitative estimate of drug-likeness (QED) is 0.792. The van der Waals surface area contributed by atoms with Crippen molar-refractivity contribution >= 4 is 21.7 Å². The molecule has 0 saturated heterocycles. The molecule has 0 heterocycles. The molecule has 0 atom stereocenters. The van der Waals surface area contributed by atoms with E-state index in [-0.39, 0.29) is 5.78 Å². The van der Waals surface area contributed by atoms with Gasteiger partial charge in [0.05, 0.1) is 12.2 Å². The summed E-state index contributed by atoms with van der Waals surface area (Å²) in [5.74, 6) is 0.390. The van der Waals surface area contributed by atoms with Crippen molar-refractivity contribution in [1.29, 1.82) is 5.26 Å². The van der Waals surface area contributed by atoms with Gasteiger partial charge in [0.2, 0.25) is 0 Å². The Bertz CT molecular complexity index is 435. The first-order valence-electron chi connectivity index (χ1n) is 4.47. The minimum Gasteiger partial charge on any atom is -0.492 e. The van der Waals surface area contributed by atoms with E-state index in [1.54, 1.807) is 12.1 Å². The first-order valence-corrected chi connectivity index (χ1v) is 5.26. The smallest absolute Gasteiger partial charge is 0.161 e. The number of nitrogens with zero attached hydrogens (tertiary/aromatic N) is 1. The second-order valence-electron chi connectivity index (χ2n) is 2.93. The first-order chi connectivity index (χ1) is 7.10. The van der Waals surface area contributed by atoms with E-state index in [4.69, 9.17) is 10.00 Å². The summed E-state index contributed by atoms with van der Waals surface area (Å²) in [6, 6.07) is 5.21. The molecule has 1 aromatic rings. The van der Waals surface area contributed by atoms with Gasteiger partial charge < -0.3 is 4.74 Å². The summed E-state index contributed by atoms with van der Waals surface area (Å²) in [7, 11) is 0. The van der Waals surface area contributed by atoms with Gasteiger partial charge in [-0.1, -0.05) is 0 Å². The third-order valence-corrected chi connectivity index (χ3v) is 2.52. The Kier molecular flexibility index (Phi) is 3.87. The molecule has 0 fully saturated rings. The number of hydrogen-bond donors (Lipinski definition) is 0. The minimum atomic E-state index is -0.0627. The zero-order valence-corrected chi connectivity index (χ0v) is 10.1. The molecule has 0 amide bonds. The Morgan fingerprint density at radius 3 is 2.73 bits per heavy atom. The summed E-state index contributed by atoms with van der Waals surface area (Å²) in [6.07, 6.45) is 0. The standard InChI is InChI=1S/C11H10BrNO2/c1-3-15-11-5-9(7(2)14)10(12)4-8(11)6-13/h4-5H,3H2,1-2H3. The highest BCUT2D eigenvalue weighted by Crippen LogP contribution is 2.27. The molecule has 0 spiro atoms. The van der Waals surface area contributed by atoms with Crippen LogP contribution in [0.15, 0.2) is 16.6 Å². The fourth-order valence-corrected chi connectivity index (χ4v) is 1.81. The van der Waals surface area contributed by atoms with Gasteiger partial charge in [-0.3, -0.25) is 4.79 Å². The van der Waals surface area contributed by atoms with Crippen LogP contribution in [0.5, 0.6) is 5.75 Å². The van der Waals surface area contributed by atoms with Crippen LogP contribution in [0, 0.1) is 11.3 Å². The van der Waals surface area contributed by atoms with Gasteiger partial charge in [0, 0.05) is 10.0 Å². The summed E-state index contributed by atoms with van der Waals surface area (Å²) in [5.41, 5.74) is 0.950. The summed E-state index contributed by atoms with van der Waals surface area (Å²) >= 11 is 3.25. The van der Waals surface area contributed by atoms with Crippen LogP contribution in [0.3, 0.4) is 0 Å². The number of Topliss-reactive ketones (excluding diaryl/α,β-unsaturated/α-hetero) is 1. The van der Waals surface area contributed by atoms with Gasteiger partial charge in [0.15, 0.2) is 5.78 Å². The maximum Gasteiger partial charge on any atom is 0.161 e. The van der Waals surface area contributed by atoms with Gasteiger partial charge >= 0.3 is 0 Å². The number of rotatable bonds is 3. The number of carbonyl (C=O) groups excluding carboxylic acids is 1. The van der Waals surface area contributed by atoms with Crippen molar-refractivity contribution in [2.75, 3.05) is 6.61 Å². The Morgan fingerprint density at radius 2 is 2.27 bits per heavy atom. The van der Waals surface area contributed by atoms with Crippen LogP contribution in [0.4, 0.5) is 0 Å². The summed E-state index contributed by atoms with van der Waals surface area (Å²) in [5, 5.41) is 8.86. The largest absolute Gasteiger partial charge is 0.492 e. The van der Waals surface area contributed by atoms with E-state index in [1.807, 2.05) is 13.0 Å². The van der Waals surface area contributed by atoms with E-state index in [2.05, 4.69) is 15.9 Å². The minimum absolute atomic E-state index is 0.0627. The fraction of sp³-hybridized carbons (Fsp3) is 0.273. The number of halogens is 1. The number of ether oxygens (including phenoxy) is 1. The summed E-state index contributed by atoms with van der Waals surface area (Å²) < 4.78 is 5.90. The number of hydrogen-bond acceptors (Lipinski definition) is 3. The first kappa shape index (κ1) is 11.7. The zero-order chi connectivity index (χ0) is 11.4. The van der Waals surface area contributed by atoms with Crippen molar-refractivity contribution in [3.63, 3.8) is 0 Å². The van der Waals surface area contributed by atoms with Crippen LogP contribution in [0.2, 0.25) is 0 Å². The monoisotopic (exact) mass is 267 g/mol. The van der Waals surface area contributed by atoms with E-state index >= 15 is 0 Å². The molecule has 0 aliphatic carbocycles. The molecule has 0 aliphatic heterocycles. The Morgan fingerprint density at radius 1 is 1.60 bits per heavy atom. The van der Waals surface area contributed by atoms with E-state index in [0.29, 0.717) is 28.0 Å². The van der Waals surface area contributed by atoms with E-state index < -0.39 is 0 Å². The topological polar surface area (TPSA) is 50.1 Å². The van der Waals surface area contributed by atoms with Gasteiger partial charge in [-0.15, -0.1) is 0 Å². The molecule has 78 valence electrons. The Labute approximate surface area is 96.8 Å². The molecule has 4 heteroatoms. The lowest BCUT2D eigenvalue weighted by atomic mass is 10.1. The normalized spacial score (nSPS) is 9.47. The second-order valence-corrected chi connectivity index (χ2v) is 3.78. The average Bonchev–Trinajstić information content (AvgIpc) is 2.20.